The number of methoxy groups -OCH3 is 1. The van der Waals surface area contributed by atoms with Crippen LogP contribution in [0.2, 0.25) is 0 Å². The first-order valence-electron chi connectivity index (χ1n) is 9.03. The average Bonchev–Trinajstić information content (AvgIpc) is 2.97. The maximum Gasteiger partial charge on any atom is 0.320 e. The highest BCUT2D eigenvalue weighted by molar-refractivity contribution is 5.88. The number of benzene rings is 1. The Labute approximate surface area is 155 Å². The third kappa shape index (κ3) is 4.85. The standard InChI is InChI=1S/C20H30N4O2/c1-6-17(20(2,3)15-10-8-7-9-11-15)21-19(25)22-18-14-16(12-13-26-5)23-24(18)4/h7-11,14,17H,6,12-13H2,1-5H3,(H2,21,22,25). The van der Waals surface area contributed by atoms with Crippen LogP contribution in [0.1, 0.15) is 38.4 Å². The second kappa shape index (κ2) is 8.85. The number of nitrogens with zero attached hydrogens (tertiary/aromatic N) is 2. The minimum Gasteiger partial charge on any atom is -0.384 e. The van der Waals surface area contributed by atoms with Crippen molar-refractivity contribution in [2.24, 2.45) is 7.05 Å². The summed E-state index contributed by atoms with van der Waals surface area (Å²) in [6.45, 7) is 7.00. The van der Waals surface area contributed by atoms with Crippen LogP contribution in [0.5, 0.6) is 0 Å². The molecule has 0 saturated heterocycles. The predicted octanol–water partition coefficient (Wildman–Crippen LogP) is 3.49. The molecule has 1 aromatic heterocycles. The van der Waals surface area contributed by atoms with E-state index in [1.165, 1.54) is 5.56 Å². The Morgan fingerprint density at radius 2 is 2.00 bits per heavy atom. The normalized spacial score (nSPS) is 12.7. The molecule has 142 valence electrons. The summed E-state index contributed by atoms with van der Waals surface area (Å²) in [7, 11) is 3.48. The van der Waals surface area contributed by atoms with E-state index in [1.54, 1.807) is 11.8 Å². The van der Waals surface area contributed by atoms with Gasteiger partial charge in [-0.05, 0) is 12.0 Å². The minimum absolute atomic E-state index is 0.00564. The van der Waals surface area contributed by atoms with Crippen LogP contribution in [-0.2, 0) is 23.6 Å². The first-order valence-corrected chi connectivity index (χ1v) is 9.03. The molecule has 2 N–H and O–H groups in total. The van der Waals surface area contributed by atoms with Crippen molar-refractivity contribution in [3.05, 3.63) is 47.7 Å². The lowest BCUT2D eigenvalue weighted by Crippen LogP contribution is -2.48. The first-order chi connectivity index (χ1) is 12.4. The summed E-state index contributed by atoms with van der Waals surface area (Å²) in [5, 5.41) is 10.4. The fourth-order valence-electron chi connectivity index (χ4n) is 3.14. The molecule has 1 aromatic carbocycles. The summed E-state index contributed by atoms with van der Waals surface area (Å²) in [4.78, 5) is 12.5. The summed E-state index contributed by atoms with van der Waals surface area (Å²) >= 11 is 0. The lowest BCUT2D eigenvalue weighted by Gasteiger charge is -2.35. The third-order valence-electron chi connectivity index (χ3n) is 4.84. The second-order valence-electron chi connectivity index (χ2n) is 7.03. The lowest BCUT2D eigenvalue weighted by molar-refractivity contribution is 0.201. The zero-order valence-electron chi connectivity index (χ0n) is 16.4. The molecular formula is C20H30N4O2. The van der Waals surface area contributed by atoms with E-state index >= 15 is 0 Å². The Kier molecular flexibility index (Phi) is 6.80. The van der Waals surface area contributed by atoms with E-state index in [4.69, 9.17) is 4.74 Å². The van der Waals surface area contributed by atoms with Crippen LogP contribution in [-0.4, -0.2) is 35.6 Å². The van der Waals surface area contributed by atoms with Gasteiger partial charge in [-0.25, -0.2) is 4.79 Å². The Morgan fingerprint density at radius 3 is 2.62 bits per heavy atom. The number of hydrogen-bond acceptors (Lipinski definition) is 3. The Hall–Kier alpha value is -2.34. The molecule has 1 unspecified atom stereocenters. The second-order valence-corrected chi connectivity index (χ2v) is 7.03. The van der Waals surface area contributed by atoms with Gasteiger partial charge in [0.2, 0.25) is 0 Å². The topological polar surface area (TPSA) is 68.2 Å². The molecule has 0 spiro atoms. The van der Waals surface area contributed by atoms with Crippen LogP contribution < -0.4 is 10.6 Å². The van der Waals surface area contributed by atoms with Gasteiger partial charge in [-0.2, -0.15) is 5.10 Å². The Balaban J connectivity index is 2.04. The fourth-order valence-corrected chi connectivity index (χ4v) is 3.14. The van der Waals surface area contributed by atoms with Gasteiger partial charge in [-0.3, -0.25) is 10.00 Å². The number of anilines is 1. The molecule has 2 amide bonds. The van der Waals surface area contributed by atoms with E-state index in [-0.39, 0.29) is 17.5 Å². The third-order valence-corrected chi connectivity index (χ3v) is 4.84. The van der Waals surface area contributed by atoms with Crippen molar-refractivity contribution in [1.29, 1.82) is 0 Å². The molecule has 1 heterocycles. The number of hydrogen-bond donors (Lipinski definition) is 2. The number of aromatic nitrogens is 2. The van der Waals surface area contributed by atoms with Gasteiger partial charge in [-0.15, -0.1) is 0 Å². The fraction of sp³-hybridized carbons (Fsp3) is 0.500. The Bertz CT molecular complexity index is 710. The molecule has 6 heteroatoms. The summed E-state index contributed by atoms with van der Waals surface area (Å²) in [5.41, 5.74) is 1.92. The van der Waals surface area contributed by atoms with Crippen molar-refractivity contribution >= 4 is 11.8 Å². The molecule has 2 rings (SSSR count). The van der Waals surface area contributed by atoms with Crippen molar-refractivity contribution in [1.82, 2.24) is 15.1 Å². The number of ether oxygens (including phenoxy) is 1. The molecule has 6 nitrogen and oxygen atoms in total. The molecule has 0 saturated carbocycles. The van der Waals surface area contributed by atoms with Crippen LogP contribution in [0.25, 0.3) is 0 Å². The van der Waals surface area contributed by atoms with Crippen molar-refractivity contribution in [2.75, 3.05) is 19.0 Å². The van der Waals surface area contributed by atoms with Gasteiger partial charge in [0.15, 0.2) is 0 Å². The van der Waals surface area contributed by atoms with Crippen LogP contribution >= 0.6 is 0 Å². The van der Waals surface area contributed by atoms with Crippen LogP contribution in [0.3, 0.4) is 0 Å². The monoisotopic (exact) mass is 358 g/mol. The lowest BCUT2D eigenvalue weighted by atomic mass is 9.76. The minimum atomic E-state index is -0.220. The number of aryl methyl sites for hydroxylation is 1. The van der Waals surface area contributed by atoms with E-state index in [0.29, 0.717) is 18.8 Å². The highest BCUT2D eigenvalue weighted by atomic mass is 16.5. The molecule has 0 radical (unpaired) electrons. The van der Waals surface area contributed by atoms with Crippen LogP contribution in [0, 0.1) is 0 Å². The van der Waals surface area contributed by atoms with Gasteiger partial charge in [0.05, 0.1) is 12.3 Å². The number of amides is 2. The van der Waals surface area contributed by atoms with Gasteiger partial charge < -0.3 is 10.1 Å². The number of urea groups is 1. The summed E-state index contributed by atoms with van der Waals surface area (Å²) in [6.07, 6.45) is 1.55. The van der Waals surface area contributed by atoms with Crippen molar-refractivity contribution < 1.29 is 9.53 Å². The van der Waals surface area contributed by atoms with Gasteiger partial charge in [-0.1, -0.05) is 51.1 Å². The first kappa shape index (κ1) is 20.0. The number of rotatable bonds is 8. The van der Waals surface area contributed by atoms with E-state index in [1.807, 2.05) is 31.3 Å². The van der Waals surface area contributed by atoms with Crippen molar-refractivity contribution in [3.63, 3.8) is 0 Å². The molecule has 0 bridgehead atoms. The summed E-state index contributed by atoms with van der Waals surface area (Å²) in [5.74, 6) is 0.668. The van der Waals surface area contributed by atoms with Crippen LogP contribution in [0.15, 0.2) is 36.4 Å². The Morgan fingerprint density at radius 1 is 1.31 bits per heavy atom. The molecule has 0 fully saturated rings. The molecule has 26 heavy (non-hydrogen) atoms. The highest BCUT2D eigenvalue weighted by Gasteiger charge is 2.31. The highest BCUT2D eigenvalue weighted by Crippen LogP contribution is 2.28. The van der Waals surface area contributed by atoms with E-state index in [2.05, 4.69) is 48.6 Å². The zero-order chi connectivity index (χ0) is 19.2. The molecule has 1 atom stereocenters. The maximum atomic E-state index is 12.5. The van der Waals surface area contributed by atoms with Crippen molar-refractivity contribution in [3.8, 4) is 0 Å². The summed E-state index contributed by atoms with van der Waals surface area (Å²) < 4.78 is 6.75. The van der Waals surface area contributed by atoms with Gasteiger partial charge >= 0.3 is 6.03 Å². The zero-order valence-corrected chi connectivity index (χ0v) is 16.4. The molecular weight excluding hydrogens is 328 g/mol. The largest absolute Gasteiger partial charge is 0.384 e. The molecule has 0 aliphatic carbocycles. The van der Waals surface area contributed by atoms with E-state index in [9.17, 15) is 4.79 Å². The summed E-state index contributed by atoms with van der Waals surface area (Å²) in [6, 6.07) is 11.9. The van der Waals surface area contributed by atoms with Gasteiger partial charge in [0, 0.05) is 38.1 Å². The average molecular weight is 358 g/mol. The maximum absolute atomic E-state index is 12.5. The van der Waals surface area contributed by atoms with Crippen LogP contribution in [0.4, 0.5) is 10.6 Å². The smallest absolute Gasteiger partial charge is 0.320 e. The molecule has 0 aliphatic rings. The van der Waals surface area contributed by atoms with Gasteiger partial charge in [0.25, 0.3) is 0 Å². The van der Waals surface area contributed by atoms with E-state index in [0.717, 1.165) is 12.1 Å². The predicted molar refractivity (Wildman–Crippen MR) is 104 cm³/mol. The number of nitrogens with one attached hydrogen (secondary N) is 2. The number of carbonyl (C=O) groups excluding carboxylic acids is 1. The van der Waals surface area contributed by atoms with E-state index < -0.39 is 0 Å². The molecule has 2 aromatic rings. The quantitative estimate of drug-likeness (QED) is 0.759. The molecule has 0 aliphatic heterocycles. The van der Waals surface area contributed by atoms with Gasteiger partial charge in [0.1, 0.15) is 5.82 Å². The number of carbonyl (C=O) groups is 1. The SMILES string of the molecule is CCC(NC(=O)Nc1cc(CCOC)nn1C)C(C)(C)c1ccccc1. The van der Waals surface area contributed by atoms with Crippen molar-refractivity contribution in [2.45, 2.75) is 45.1 Å².